The summed E-state index contributed by atoms with van der Waals surface area (Å²) in [6, 6.07) is 0. The zero-order chi connectivity index (χ0) is 24.4. The number of allylic oxidation sites excluding steroid dienone is 4. The zero-order valence-corrected chi connectivity index (χ0v) is 20.5. The highest BCUT2D eigenvalue weighted by Gasteiger charge is 2.77. The number of carbonyl (C=O) groups excluding carboxylic acids is 4. The molecule has 4 aliphatic carbocycles. The van der Waals surface area contributed by atoms with Gasteiger partial charge in [0.15, 0.2) is 28.6 Å². The number of hydrogen-bond acceptors (Lipinski definition) is 5. The van der Waals surface area contributed by atoms with Crippen LogP contribution < -0.4 is 0 Å². The number of halogens is 2. The zero-order valence-electron chi connectivity index (χ0n) is 19.7. The second kappa shape index (κ2) is 7.86. The lowest BCUT2D eigenvalue weighted by molar-refractivity contribution is -0.201. The Morgan fingerprint density at radius 1 is 1.24 bits per heavy atom. The standard InChI is InChI=1S/C26H32ClFO5/c1-5-6-22(32)33-26(21(31)14-27)15(2)11-19-18-8-7-16-12-17(29)9-10-23(16,3)25(18,28)20(30)13-24(19,26)4/h9-10,12,15,18-19H,5-8,11,13-14H2,1-4H3/t15-,18-,19-,23?,24?,25-,26-/m0/s1. The SMILES string of the molecule is CCCC(=O)O[C@]1(C(=O)CCl)[C@@H](C)C[C@H]2[C@@H]3CCC4=CC(=O)C=CC4(C)[C@@]3(F)C(=O)CC21C. The van der Waals surface area contributed by atoms with Crippen molar-refractivity contribution in [2.45, 2.75) is 77.5 Å². The Bertz CT molecular complexity index is 987. The molecule has 0 bridgehead atoms. The van der Waals surface area contributed by atoms with Gasteiger partial charge in [-0.2, -0.15) is 0 Å². The largest absolute Gasteiger partial charge is 0.450 e. The molecule has 0 aromatic carbocycles. The lowest BCUT2D eigenvalue weighted by Gasteiger charge is -2.59. The summed E-state index contributed by atoms with van der Waals surface area (Å²) >= 11 is 6.02. The van der Waals surface area contributed by atoms with Crippen LogP contribution in [0.15, 0.2) is 23.8 Å². The fraction of sp³-hybridized carbons (Fsp3) is 0.692. The normalized spacial score (nSPS) is 43.9. The van der Waals surface area contributed by atoms with Crippen molar-refractivity contribution < 1.29 is 28.3 Å². The van der Waals surface area contributed by atoms with Crippen molar-refractivity contribution in [2.24, 2.45) is 28.6 Å². The Morgan fingerprint density at radius 2 is 1.94 bits per heavy atom. The van der Waals surface area contributed by atoms with Crippen LogP contribution in [0.1, 0.15) is 66.2 Å². The third kappa shape index (κ3) is 2.95. The average molecular weight is 479 g/mol. The first-order valence-corrected chi connectivity index (χ1v) is 12.4. The van der Waals surface area contributed by atoms with Gasteiger partial charge in [-0.05, 0) is 50.7 Å². The molecule has 7 atom stereocenters. The lowest BCUT2D eigenvalue weighted by atomic mass is 9.45. The molecule has 0 saturated heterocycles. The third-order valence-electron chi connectivity index (χ3n) is 9.21. The number of Topliss-reactive ketones (excluding diaryl/α,β-unsaturated/α-hetero) is 2. The summed E-state index contributed by atoms with van der Waals surface area (Å²) in [6.45, 7) is 7.19. The summed E-state index contributed by atoms with van der Waals surface area (Å²) in [5.41, 5.74) is -5.35. The minimum Gasteiger partial charge on any atom is -0.450 e. The van der Waals surface area contributed by atoms with E-state index in [2.05, 4.69) is 0 Å². The number of fused-ring (bicyclic) bond motifs is 5. The van der Waals surface area contributed by atoms with Gasteiger partial charge in [-0.3, -0.25) is 19.2 Å². The van der Waals surface area contributed by atoms with Gasteiger partial charge >= 0.3 is 5.97 Å². The quantitative estimate of drug-likeness (QED) is 0.422. The highest BCUT2D eigenvalue weighted by atomic mass is 35.5. The van der Waals surface area contributed by atoms with Crippen molar-refractivity contribution in [3.8, 4) is 0 Å². The first kappa shape index (κ1) is 24.3. The van der Waals surface area contributed by atoms with E-state index in [9.17, 15) is 19.2 Å². The maximum atomic E-state index is 17.1. The maximum Gasteiger partial charge on any atom is 0.306 e. The molecule has 3 fully saturated rings. The number of carbonyl (C=O) groups is 4. The highest BCUT2D eigenvalue weighted by Crippen LogP contribution is 2.70. The van der Waals surface area contributed by atoms with Crippen molar-refractivity contribution in [3.05, 3.63) is 23.8 Å². The Balaban J connectivity index is 1.84. The van der Waals surface area contributed by atoms with E-state index in [4.69, 9.17) is 16.3 Å². The minimum atomic E-state index is -2.19. The van der Waals surface area contributed by atoms with Gasteiger partial charge in [0.1, 0.15) is 0 Å². The van der Waals surface area contributed by atoms with Crippen LogP contribution in [0.2, 0.25) is 0 Å². The topological polar surface area (TPSA) is 77.5 Å². The van der Waals surface area contributed by atoms with Crippen molar-refractivity contribution in [3.63, 3.8) is 0 Å². The fourth-order valence-corrected chi connectivity index (χ4v) is 7.86. The predicted molar refractivity (Wildman–Crippen MR) is 121 cm³/mol. The molecule has 0 amide bonds. The number of ketones is 3. The van der Waals surface area contributed by atoms with Gasteiger partial charge in [-0.15, -0.1) is 11.6 Å². The van der Waals surface area contributed by atoms with Crippen LogP contribution in [0.25, 0.3) is 0 Å². The van der Waals surface area contributed by atoms with E-state index in [1.54, 1.807) is 19.9 Å². The smallest absolute Gasteiger partial charge is 0.306 e. The minimum absolute atomic E-state index is 0.153. The Morgan fingerprint density at radius 3 is 2.58 bits per heavy atom. The van der Waals surface area contributed by atoms with Crippen LogP contribution >= 0.6 is 11.6 Å². The first-order valence-electron chi connectivity index (χ1n) is 11.9. The van der Waals surface area contributed by atoms with E-state index in [1.165, 1.54) is 12.2 Å². The van der Waals surface area contributed by atoms with Crippen molar-refractivity contribution in [1.82, 2.24) is 0 Å². The molecule has 0 spiro atoms. The van der Waals surface area contributed by atoms with E-state index in [-0.39, 0.29) is 30.4 Å². The number of hydrogen-bond donors (Lipinski definition) is 0. The van der Waals surface area contributed by atoms with Gasteiger partial charge in [0.25, 0.3) is 0 Å². The third-order valence-corrected chi connectivity index (χ3v) is 9.45. The Hall–Kier alpha value is -1.82. The molecule has 5 nitrogen and oxygen atoms in total. The molecule has 0 aliphatic heterocycles. The Kier molecular flexibility index (Phi) is 5.79. The molecule has 4 aliphatic rings. The number of rotatable bonds is 5. The molecule has 0 aromatic rings. The monoisotopic (exact) mass is 478 g/mol. The van der Waals surface area contributed by atoms with Gasteiger partial charge in [0.2, 0.25) is 0 Å². The number of ether oxygens (including phenoxy) is 1. The summed E-state index contributed by atoms with van der Waals surface area (Å²) in [6.07, 6.45) is 6.21. The van der Waals surface area contributed by atoms with E-state index in [0.717, 1.165) is 0 Å². The fourth-order valence-electron chi connectivity index (χ4n) is 7.66. The summed E-state index contributed by atoms with van der Waals surface area (Å²) < 4.78 is 23.1. The average Bonchev–Trinajstić information content (AvgIpc) is 2.97. The van der Waals surface area contributed by atoms with Crippen LogP contribution in [-0.4, -0.2) is 40.5 Å². The molecule has 0 aromatic heterocycles. The van der Waals surface area contributed by atoms with Crippen molar-refractivity contribution >= 4 is 34.9 Å². The molecule has 33 heavy (non-hydrogen) atoms. The summed E-state index contributed by atoms with van der Waals surface area (Å²) in [7, 11) is 0. The molecule has 2 unspecified atom stereocenters. The molecule has 0 N–H and O–H groups in total. The molecule has 3 saturated carbocycles. The maximum absolute atomic E-state index is 17.1. The second-order valence-electron chi connectivity index (χ2n) is 10.7. The molecule has 7 heteroatoms. The molecular weight excluding hydrogens is 447 g/mol. The molecule has 180 valence electrons. The predicted octanol–water partition coefficient (Wildman–Crippen LogP) is 4.70. The molecule has 0 radical (unpaired) electrons. The first-order chi connectivity index (χ1) is 15.4. The van der Waals surface area contributed by atoms with E-state index < -0.39 is 51.5 Å². The van der Waals surface area contributed by atoms with Crippen molar-refractivity contribution in [1.29, 1.82) is 0 Å². The van der Waals surface area contributed by atoms with Gasteiger partial charge in [0.05, 0.1) is 5.88 Å². The van der Waals surface area contributed by atoms with Crippen LogP contribution in [0.3, 0.4) is 0 Å². The second-order valence-corrected chi connectivity index (χ2v) is 11.0. The van der Waals surface area contributed by atoms with Crippen LogP contribution in [-0.2, 0) is 23.9 Å². The highest BCUT2D eigenvalue weighted by molar-refractivity contribution is 6.29. The summed E-state index contributed by atoms with van der Waals surface area (Å²) in [4.78, 5) is 51.7. The molecule has 0 heterocycles. The number of esters is 1. The molecular formula is C26H32ClFO5. The van der Waals surface area contributed by atoms with Gasteiger partial charge in [0, 0.05) is 35.5 Å². The van der Waals surface area contributed by atoms with Crippen LogP contribution in [0.4, 0.5) is 4.39 Å². The van der Waals surface area contributed by atoms with E-state index in [0.29, 0.717) is 31.3 Å². The van der Waals surface area contributed by atoms with E-state index >= 15 is 4.39 Å². The van der Waals surface area contributed by atoms with Crippen LogP contribution in [0.5, 0.6) is 0 Å². The lowest BCUT2D eigenvalue weighted by Crippen LogP contribution is -2.68. The summed E-state index contributed by atoms with van der Waals surface area (Å²) in [5.74, 6) is -3.45. The van der Waals surface area contributed by atoms with Crippen molar-refractivity contribution in [2.75, 3.05) is 5.88 Å². The van der Waals surface area contributed by atoms with Crippen LogP contribution in [0, 0.1) is 28.6 Å². The van der Waals surface area contributed by atoms with Gasteiger partial charge in [-0.1, -0.05) is 32.4 Å². The molecule has 4 rings (SSSR count). The van der Waals surface area contributed by atoms with Gasteiger partial charge in [-0.25, -0.2) is 4.39 Å². The van der Waals surface area contributed by atoms with Gasteiger partial charge < -0.3 is 4.74 Å². The number of alkyl halides is 2. The summed E-state index contributed by atoms with van der Waals surface area (Å²) in [5, 5.41) is 0. The van der Waals surface area contributed by atoms with E-state index in [1.807, 2.05) is 13.8 Å². The Labute approximate surface area is 199 Å².